The second-order valence-electron chi connectivity index (χ2n) is 8.71. The molecule has 0 saturated carbocycles. The Morgan fingerprint density at radius 2 is 1.81 bits per heavy atom. The fourth-order valence-electron chi connectivity index (χ4n) is 5.27. The number of hydrogen-bond donors (Lipinski definition) is 0. The van der Waals surface area contributed by atoms with Gasteiger partial charge in [0.25, 0.3) is 5.91 Å². The first-order valence-electron chi connectivity index (χ1n) is 11.3. The minimum Gasteiger partial charge on any atom is -0.355 e. The Labute approximate surface area is 193 Å². The maximum absolute atomic E-state index is 13.0. The molecule has 6 nitrogen and oxygen atoms in total. The number of nitrogens with zero attached hydrogens (tertiary/aromatic N) is 5. The number of fused-ring (bicyclic) bond motifs is 1. The molecule has 2 fully saturated rings. The van der Waals surface area contributed by atoms with E-state index in [1.165, 1.54) is 17.2 Å². The van der Waals surface area contributed by atoms with Crippen molar-refractivity contribution in [2.45, 2.75) is 0 Å². The normalized spacial score (nSPS) is 25.2. The van der Waals surface area contributed by atoms with Crippen LogP contribution in [-0.2, 0) is 4.79 Å². The van der Waals surface area contributed by atoms with Gasteiger partial charge in [0.2, 0.25) is 0 Å². The highest BCUT2D eigenvalue weighted by molar-refractivity contribution is 7.99. The predicted molar refractivity (Wildman–Crippen MR) is 129 cm³/mol. The molecule has 0 N–H and O–H groups in total. The molecule has 0 spiro atoms. The fourth-order valence-corrected chi connectivity index (χ4v) is 6.21. The van der Waals surface area contributed by atoms with Crippen molar-refractivity contribution in [1.29, 1.82) is 0 Å². The van der Waals surface area contributed by atoms with Crippen molar-refractivity contribution in [2.75, 3.05) is 55.8 Å². The molecule has 1 aromatic carbocycles. The molecule has 0 radical (unpaired) electrons. The molecule has 0 unspecified atom stereocenters. The largest absolute Gasteiger partial charge is 0.355 e. The molecule has 32 heavy (non-hydrogen) atoms. The summed E-state index contributed by atoms with van der Waals surface area (Å²) in [7, 11) is 0. The first-order valence-corrected chi connectivity index (χ1v) is 12.5. The number of amides is 1. The first kappa shape index (κ1) is 19.9. The Morgan fingerprint density at radius 1 is 0.969 bits per heavy atom. The number of hydrogen-bond acceptors (Lipinski definition) is 4. The summed E-state index contributed by atoms with van der Waals surface area (Å²) in [5, 5.41) is 2.52. The molecule has 0 bridgehead atoms. The molecular weight excluding hydrogens is 418 g/mol. The Bertz CT molecular complexity index is 1110. The lowest BCUT2D eigenvalue weighted by Gasteiger charge is -2.44. The SMILES string of the molecule is O=C(C1=CC2=CC=C[N@@+]2(N2CCN(c3cccn3-c3ccccc3)CC2)C1)N1CCSC1. The number of piperazine rings is 1. The summed E-state index contributed by atoms with van der Waals surface area (Å²) in [5.41, 5.74) is 3.36. The maximum Gasteiger partial charge on any atom is 0.256 e. The predicted octanol–water partition coefficient (Wildman–Crippen LogP) is 3.22. The van der Waals surface area contributed by atoms with E-state index < -0.39 is 0 Å². The topological polar surface area (TPSA) is 31.7 Å². The van der Waals surface area contributed by atoms with Gasteiger partial charge in [-0.05, 0) is 30.3 Å². The highest BCUT2D eigenvalue weighted by Crippen LogP contribution is 2.38. The lowest BCUT2D eigenvalue weighted by Crippen LogP contribution is -2.60. The summed E-state index contributed by atoms with van der Waals surface area (Å²) in [6, 6.07) is 14.9. The van der Waals surface area contributed by atoms with Crippen molar-refractivity contribution in [1.82, 2.24) is 14.5 Å². The summed E-state index contributed by atoms with van der Waals surface area (Å²) in [6.45, 7) is 5.44. The minimum absolute atomic E-state index is 0.218. The van der Waals surface area contributed by atoms with Crippen molar-refractivity contribution < 1.29 is 9.39 Å². The van der Waals surface area contributed by atoms with E-state index in [2.05, 4.69) is 87.6 Å². The zero-order valence-electron chi connectivity index (χ0n) is 18.1. The highest BCUT2D eigenvalue weighted by Gasteiger charge is 2.48. The lowest BCUT2D eigenvalue weighted by atomic mass is 10.2. The van der Waals surface area contributed by atoms with Crippen molar-refractivity contribution in [2.24, 2.45) is 0 Å². The van der Waals surface area contributed by atoms with E-state index in [1.54, 1.807) is 0 Å². The summed E-state index contributed by atoms with van der Waals surface area (Å²) >= 11 is 1.84. The van der Waals surface area contributed by atoms with Crippen molar-refractivity contribution in [3.05, 3.63) is 84.4 Å². The molecule has 1 amide bonds. The van der Waals surface area contributed by atoms with Gasteiger partial charge < -0.3 is 14.4 Å². The van der Waals surface area contributed by atoms with Crippen LogP contribution in [0, 0.1) is 0 Å². The van der Waals surface area contributed by atoms with E-state index in [-0.39, 0.29) is 5.91 Å². The number of rotatable bonds is 4. The molecule has 164 valence electrons. The summed E-state index contributed by atoms with van der Waals surface area (Å²) < 4.78 is 2.95. The number of anilines is 1. The molecule has 1 atom stereocenters. The van der Waals surface area contributed by atoms with Crippen LogP contribution >= 0.6 is 11.8 Å². The van der Waals surface area contributed by atoms with Crippen LogP contribution in [0.1, 0.15) is 0 Å². The lowest BCUT2D eigenvalue weighted by molar-refractivity contribution is -0.948. The zero-order valence-corrected chi connectivity index (χ0v) is 19.0. The second kappa shape index (κ2) is 7.99. The highest BCUT2D eigenvalue weighted by atomic mass is 32.2. The maximum atomic E-state index is 13.0. The number of thioether (sulfide) groups is 1. The number of aromatic nitrogens is 1. The van der Waals surface area contributed by atoms with Gasteiger partial charge in [0.15, 0.2) is 5.70 Å². The molecule has 1 aromatic heterocycles. The fraction of sp³-hybridized carbons (Fsp3) is 0.320. The monoisotopic (exact) mass is 446 g/mol. The molecule has 5 heterocycles. The Kier molecular flexibility index (Phi) is 4.97. The smallest absolute Gasteiger partial charge is 0.256 e. The third kappa shape index (κ3) is 3.23. The van der Waals surface area contributed by atoms with Gasteiger partial charge in [-0.1, -0.05) is 18.2 Å². The third-order valence-corrected chi connectivity index (χ3v) is 7.91. The van der Waals surface area contributed by atoms with Gasteiger partial charge >= 0.3 is 0 Å². The van der Waals surface area contributed by atoms with Crippen LogP contribution < -0.4 is 4.90 Å². The van der Waals surface area contributed by atoms with Gasteiger partial charge in [0.05, 0.1) is 24.5 Å². The van der Waals surface area contributed by atoms with E-state index in [1.807, 2.05) is 16.7 Å². The van der Waals surface area contributed by atoms with E-state index in [4.69, 9.17) is 0 Å². The Balaban J connectivity index is 1.17. The number of carbonyl (C=O) groups excluding carboxylic acids is 1. The third-order valence-electron chi connectivity index (χ3n) is 6.94. The average Bonchev–Trinajstić information content (AvgIpc) is 3.63. The number of benzene rings is 1. The summed E-state index contributed by atoms with van der Waals surface area (Å²) in [5.74, 6) is 3.33. The number of quaternary nitrogens is 1. The zero-order chi connectivity index (χ0) is 21.5. The van der Waals surface area contributed by atoms with E-state index in [0.29, 0.717) is 4.59 Å². The van der Waals surface area contributed by atoms with Gasteiger partial charge in [0, 0.05) is 49.4 Å². The molecule has 0 aliphatic carbocycles. The van der Waals surface area contributed by atoms with Gasteiger partial charge in [0.1, 0.15) is 18.6 Å². The summed E-state index contributed by atoms with van der Waals surface area (Å²) in [6.07, 6.45) is 10.9. The Morgan fingerprint density at radius 3 is 2.59 bits per heavy atom. The number of carbonyl (C=O) groups is 1. The Hall–Kier alpha value is -2.74. The summed E-state index contributed by atoms with van der Waals surface area (Å²) in [4.78, 5) is 17.5. The quantitative estimate of drug-likeness (QED) is 0.675. The van der Waals surface area contributed by atoms with Crippen LogP contribution in [0.4, 0.5) is 5.82 Å². The first-order chi connectivity index (χ1) is 15.7. The molecule has 2 saturated heterocycles. The van der Waals surface area contributed by atoms with E-state index in [9.17, 15) is 4.79 Å². The van der Waals surface area contributed by atoms with Crippen LogP contribution in [0.15, 0.2) is 84.4 Å². The standard InChI is InChI=1S/C25H28N5OS/c31-25(27-15-17-32-20-27)21-18-23-8-5-16-30(23,19-21)28-13-11-26(12-14-28)24-9-4-10-29(24)22-6-2-1-3-7-22/h1-10,16,18H,11-15,17,19-20H2/q+1/t30-/m1/s1. The van der Waals surface area contributed by atoms with E-state index >= 15 is 0 Å². The molecule has 7 heteroatoms. The molecule has 4 aliphatic rings. The van der Waals surface area contributed by atoms with Crippen molar-refractivity contribution >= 4 is 23.5 Å². The van der Waals surface area contributed by atoms with Crippen LogP contribution in [0.5, 0.6) is 0 Å². The second-order valence-corrected chi connectivity index (χ2v) is 9.78. The van der Waals surface area contributed by atoms with Gasteiger partial charge in [-0.2, -0.15) is 4.59 Å². The molecule has 6 rings (SSSR count). The van der Waals surface area contributed by atoms with E-state index in [0.717, 1.165) is 56.5 Å². The van der Waals surface area contributed by atoms with Gasteiger partial charge in [-0.3, -0.25) is 4.79 Å². The number of para-hydroxylation sites is 1. The van der Waals surface area contributed by atoms with Crippen molar-refractivity contribution in [3.63, 3.8) is 0 Å². The average molecular weight is 447 g/mol. The number of allylic oxidation sites excluding steroid dienone is 3. The molecular formula is C25H28N5OS+. The van der Waals surface area contributed by atoms with Crippen molar-refractivity contribution in [3.8, 4) is 5.69 Å². The molecule has 2 aromatic rings. The van der Waals surface area contributed by atoms with Crippen LogP contribution in [0.3, 0.4) is 0 Å². The van der Waals surface area contributed by atoms with Gasteiger partial charge in [-0.15, -0.1) is 16.8 Å². The molecule has 4 aliphatic heterocycles. The van der Waals surface area contributed by atoms with Gasteiger partial charge in [-0.25, -0.2) is 0 Å². The van der Waals surface area contributed by atoms with Crippen LogP contribution in [-0.4, -0.2) is 75.9 Å². The minimum atomic E-state index is 0.218. The van der Waals surface area contributed by atoms with Crippen LogP contribution in [0.2, 0.25) is 0 Å². The van der Waals surface area contributed by atoms with Crippen LogP contribution in [0.25, 0.3) is 5.69 Å².